The molecule has 0 atom stereocenters. The fourth-order valence-electron chi connectivity index (χ4n) is 2.52. The summed E-state index contributed by atoms with van der Waals surface area (Å²) in [5.74, 6) is -1.20. The van der Waals surface area contributed by atoms with Crippen molar-refractivity contribution in [1.82, 2.24) is 14.9 Å². The molecule has 0 spiro atoms. The molecular weight excluding hydrogens is 314 g/mol. The van der Waals surface area contributed by atoms with Gasteiger partial charge in [-0.3, -0.25) is 4.79 Å². The van der Waals surface area contributed by atoms with Gasteiger partial charge in [0.05, 0.1) is 0 Å². The monoisotopic (exact) mass is 332 g/mol. The highest BCUT2D eigenvalue weighted by atomic mass is 19.1. The number of nitrogens with one attached hydrogen (secondary N) is 1. The van der Waals surface area contributed by atoms with Crippen molar-refractivity contribution in [3.05, 3.63) is 52.9 Å². The van der Waals surface area contributed by atoms with Crippen molar-refractivity contribution < 1.29 is 13.6 Å². The number of anilines is 1. The van der Waals surface area contributed by atoms with Crippen LogP contribution in [0.25, 0.3) is 0 Å². The summed E-state index contributed by atoms with van der Waals surface area (Å²) in [6.45, 7) is 1.87. The molecule has 7 heteroatoms. The zero-order chi connectivity index (χ0) is 17.3. The molecule has 0 aliphatic heterocycles. The summed E-state index contributed by atoms with van der Waals surface area (Å²) in [7, 11) is 1.68. The van der Waals surface area contributed by atoms with Crippen LogP contribution in [0.3, 0.4) is 0 Å². The summed E-state index contributed by atoms with van der Waals surface area (Å²) < 4.78 is 27.0. The summed E-state index contributed by atoms with van der Waals surface area (Å²) >= 11 is 0. The minimum Gasteiger partial charge on any atom is -0.357 e. The Morgan fingerprint density at radius 3 is 2.67 bits per heavy atom. The standard InChI is InChI=1S/C17H18F2N4O/c1-10-7-15(22-17(20-2)21-10)16(24)23(13-5-6-13)9-11-3-4-12(18)8-14(11)19/h3-4,7-8,13H,5-6,9H2,1-2H3,(H,20,21,22). The molecule has 1 amide bonds. The topological polar surface area (TPSA) is 58.1 Å². The summed E-state index contributed by atoms with van der Waals surface area (Å²) in [4.78, 5) is 22.8. The van der Waals surface area contributed by atoms with Gasteiger partial charge in [0.2, 0.25) is 5.95 Å². The van der Waals surface area contributed by atoms with E-state index in [0.29, 0.717) is 11.6 Å². The summed E-state index contributed by atoms with van der Waals surface area (Å²) in [6.07, 6.45) is 1.75. The van der Waals surface area contributed by atoms with E-state index < -0.39 is 11.6 Å². The largest absolute Gasteiger partial charge is 0.357 e. The Labute approximate surface area is 138 Å². The SMILES string of the molecule is CNc1nc(C)cc(C(=O)N(Cc2ccc(F)cc2F)C2CC2)n1. The van der Waals surface area contributed by atoms with E-state index in [1.807, 2.05) is 0 Å². The van der Waals surface area contributed by atoms with Crippen LogP contribution in [0.1, 0.15) is 34.6 Å². The first-order valence-corrected chi connectivity index (χ1v) is 7.76. The lowest BCUT2D eigenvalue weighted by Gasteiger charge is -2.22. The number of hydrogen-bond acceptors (Lipinski definition) is 4. The molecule has 0 unspecified atom stereocenters. The molecule has 1 aromatic carbocycles. The van der Waals surface area contributed by atoms with E-state index in [1.165, 1.54) is 12.1 Å². The third-order valence-electron chi connectivity index (χ3n) is 3.90. The molecule has 126 valence electrons. The normalized spacial score (nSPS) is 13.7. The average molecular weight is 332 g/mol. The van der Waals surface area contributed by atoms with Crippen LogP contribution in [-0.4, -0.2) is 33.9 Å². The van der Waals surface area contributed by atoms with Gasteiger partial charge in [0.25, 0.3) is 5.91 Å². The van der Waals surface area contributed by atoms with Crippen molar-refractivity contribution in [3.8, 4) is 0 Å². The number of nitrogens with zero attached hydrogens (tertiary/aromatic N) is 3. The second kappa shape index (κ2) is 6.51. The highest BCUT2D eigenvalue weighted by Gasteiger charge is 2.34. The predicted molar refractivity (Wildman–Crippen MR) is 85.6 cm³/mol. The Balaban J connectivity index is 1.88. The van der Waals surface area contributed by atoms with Gasteiger partial charge in [-0.15, -0.1) is 0 Å². The second-order valence-corrected chi connectivity index (χ2v) is 5.87. The van der Waals surface area contributed by atoms with Crippen LogP contribution in [0, 0.1) is 18.6 Å². The van der Waals surface area contributed by atoms with Gasteiger partial charge in [0.1, 0.15) is 17.3 Å². The molecule has 24 heavy (non-hydrogen) atoms. The molecule has 1 aromatic heterocycles. The van der Waals surface area contributed by atoms with Crippen LogP contribution in [0.2, 0.25) is 0 Å². The second-order valence-electron chi connectivity index (χ2n) is 5.87. The van der Waals surface area contributed by atoms with Crippen LogP contribution in [-0.2, 0) is 6.54 Å². The number of amides is 1. The first kappa shape index (κ1) is 16.3. The molecule has 0 radical (unpaired) electrons. The number of rotatable bonds is 5. The van der Waals surface area contributed by atoms with E-state index in [2.05, 4.69) is 15.3 Å². The molecular formula is C17H18F2N4O. The number of hydrogen-bond donors (Lipinski definition) is 1. The van der Waals surface area contributed by atoms with E-state index >= 15 is 0 Å². The number of benzene rings is 1. The lowest BCUT2D eigenvalue weighted by Crippen LogP contribution is -2.33. The lowest BCUT2D eigenvalue weighted by atomic mass is 10.1. The van der Waals surface area contributed by atoms with Crippen LogP contribution in [0.15, 0.2) is 24.3 Å². The summed E-state index contributed by atoms with van der Waals surface area (Å²) in [6, 6.07) is 5.08. The zero-order valence-corrected chi connectivity index (χ0v) is 13.5. The third-order valence-corrected chi connectivity index (χ3v) is 3.90. The van der Waals surface area contributed by atoms with Gasteiger partial charge in [-0.2, -0.15) is 0 Å². The number of carbonyl (C=O) groups is 1. The maximum atomic E-state index is 13.9. The molecule has 0 saturated heterocycles. The van der Waals surface area contributed by atoms with Crippen LogP contribution in [0.5, 0.6) is 0 Å². The van der Waals surface area contributed by atoms with Crippen LogP contribution < -0.4 is 5.32 Å². The van der Waals surface area contributed by atoms with Crippen molar-refractivity contribution in [1.29, 1.82) is 0 Å². The van der Waals surface area contributed by atoms with Crippen molar-refractivity contribution in [2.24, 2.45) is 0 Å². The Morgan fingerprint density at radius 1 is 1.29 bits per heavy atom. The van der Waals surface area contributed by atoms with E-state index in [1.54, 1.807) is 24.9 Å². The van der Waals surface area contributed by atoms with Gasteiger partial charge >= 0.3 is 0 Å². The van der Waals surface area contributed by atoms with Crippen molar-refractivity contribution in [3.63, 3.8) is 0 Å². The summed E-state index contributed by atoms with van der Waals surface area (Å²) in [5, 5.41) is 2.82. The molecule has 1 saturated carbocycles. The molecule has 2 aromatic rings. The lowest BCUT2D eigenvalue weighted by molar-refractivity contribution is 0.0722. The number of carbonyl (C=O) groups excluding carboxylic acids is 1. The minimum absolute atomic E-state index is 0.0651. The highest BCUT2D eigenvalue weighted by molar-refractivity contribution is 5.93. The quantitative estimate of drug-likeness (QED) is 0.915. The average Bonchev–Trinajstić information content (AvgIpc) is 3.37. The van der Waals surface area contributed by atoms with Crippen LogP contribution in [0.4, 0.5) is 14.7 Å². The molecule has 1 aliphatic rings. The highest BCUT2D eigenvalue weighted by Crippen LogP contribution is 2.30. The fourth-order valence-corrected chi connectivity index (χ4v) is 2.52. The molecule has 1 aliphatic carbocycles. The van der Waals surface area contributed by atoms with E-state index in [9.17, 15) is 13.6 Å². The van der Waals surface area contributed by atoms with Crippen LogP contribution >= 0.6 is 0 Å². The van der Waals surface area contributed by atoms with Crippen molar-refractivity contribution >= 4 is 11.9 Å². The fraction of sp³-hybridized carbons (Fsp3) is 0.353. The smallest absolute Gasteiger partial charge is 0.273 e. The maximum absolute atomic E-state index is 13.9. The zero-order valence-electron chi connectivity index (χ0n) is 13.5. The van der Waals surface area contributed by atoms with E-state index in [0.717, 1.165) is 18.9 Å². The maximum Gasteiger partial charge on any atom is 0.273 e. The Bertz CT molecular complexity index is 777. The molecule has 3 rings (SSSR count). The van der Waals surface area contributed by atoms with E-state index in [-0.39, 0.29) is 29.8 Å². The summed E-state index contributed by atoms with van der Waals surface area (Å²) in [5.41, 5.74) is 1.22. The van der Waals surface area contributed by atoms with Gasteiger partial charge in [0.15, 0.2) is 0 Å². The van der Waals surface area contributed by atoms with Gasteiger partial charge in [-0.1, -0.05) is 6.07 Å². The Kier molecular flexibility index (Phi) is 4.42. The Morgan fingerprint density at radius 2 is 2.04 bits per heavy atom. The third kappa shape index (κ3) is 3.50. The van der Waals surface area contributed by atoms with Gasteiger partial charge < -0.3 is 10.2 Å². The van der Waals surface area contributed by atoms with Gasteiger partial charge in [0, 0.05) is 37.0 Å². The first-order valence-electron chi connectivity index (χ1n) is 7.76. The van der Waals surface area contributed by atoms with Crippen molar-refractivity contribution in [2.75, 3.05) is 12.4 Å². The van der Waals surface area contributed by atoms with Gasteiger partial charge in [-0.25, -0.2) is 18.7 Å². The number of aromatic nitrogens is 2. The minimum atomic E-state index is -0.650. The predicted octanol–water partition coefficient (Wildman–Crippen LogP) is 2.91. The number of halogens is 2. The Hall–Kier alpha value is -2.57. The van der Waals surface area contributed by atoms with E-state index in [4.69, 9.17) is 0 Å². The number of aryl methyl sites for hydroxylation is 1. The van der Waals surface area contributed by atoms with Gasteiger partial charge in [-0.05, 0) is 31.9 Å². The molecule has 1 fully saturated rings. The molecule has 1 N–H and O–H groups in total. The first-order chi connectivity index (χ1) is 11.5. The van der Waals surface area contributed by atoms with Crippen molar-refractivity contribution in [2.45, 2.75) is 32.4 Å². The molecule has 0 bridgehead atoms. The molecule has 1 heterocycles. The molecule has 5 nitrogen and oxygen atoms in total.